The largest absolute Gasteiger partial charge is 0.451 e. The molecule has 4 nitrogen and oxygen atoms in total. The van der Waals surface area contributed by atoms with Crippen LogP contribution < -0.4 is 11.1 Å². The Hall–Kier alpha value is -1.33. The van der Waals surface area contributed by atoms with Gasteiger partial charge in [0, 0.05) is 21.9 Å². The molecule has 5 heteroatoms. The predicted octanol–water partition coefficient (Wildman–Crippen LogP) is 2.66. The van der Waals surface area contributed by atoms with Gasteiger partial charge in [0.15, 0.2) is 5.76 Å². The van der Waals surface area contributed by atoms with Crippen molar-refractivity contribution in [2.45, 2.75) is 19.4 Å². The first-order valence-corrected chi connectivity index (χ1v) is 6.41. The van der Waals surface area contributed by atoms with Gasteiger partial charge in [0.1, 0.15) is 5.58 Å². The van der Waals surface area contributed by atoms with Gasteiger partial charge in [-0.25, -0.2) is 0 Å². The van der Waals surface area contributed by atoms with Crippen LogP contribution in [0.3, 0.4) is 0 Å². The zero-order valence-electron chi connectivity index (χ0n) is 10.3. The Balaban J connectivity index is 2.18. The Morgan fingerprint density at radius 2 is 2.17 bits per heavy atom. The van der Waals surface area contributed by atoms with E-state index in [0.717, 1.165) is 9.86 Å². The third kappa shape index (κ3) is 3.11. The van der Waals surface area contributed by atoms with Crippen molar-refractivity contribution in [3.05, 3.63) is 34.5 Å². The molecule has 18 heavy (non-hydrogen) atoms. The van der Waals surface area contributed by atoms with E-state index in [-0.39, 0.29) is 5.91 Å². The van der Waals surface area contributed by atoms with Gasteiger partial charge in [-0.15, -0.1) is 0 Å². The summed E-state index contributed by atoms with van der Waals surface area (Å²) in [5.41, 5.74) is 6.06. The maximum Gasteiger partial charge on any atom is 0.287 e. The molecule has 0 radical (unpaired) electrons. The molecule has 0 saturated heterocycles. The first-order chi connectivity index (χ1) is 8.35. The Morgan fingerprint density at radius 1 is 1.44 bits per heavy atom. The van der Waals surface area contributed by atoms with Gasteiger partial charge in [0.05, 0.1) is 0 Å². The molecule has 1 heterocycles. The second kappa shape index (κ2) is 4.74. The van der Waals surface area contributed by atoms with E-state index in [1.54, 1.807) is 6.07 Å². The molecule has 0 bridgehead atoms. The molecule has 0 aliphatic carbocycles. The summed E-state index contributed by atoms with van der Waals surface area (Å²) >= 11 is 3.38. The predicted molar refractivity (Wildman–Crippen MR) is 74.5 cm³/mol. The molecule has 0 atom stereocenters. The second-order valence-corrected chi connectivity index (χ2v) is 5.88. The van der Waals surface area contributed by atoms with Crippen LogP contribution in [0.2, 0.25) is 0 Å². The normalized spacial score (nSPS) is 11.8. The minimum Gasteiger partial charge on any atom is -0.451 e. The van der Waals surface area contributed by atoms with Gasteiger partial charge < -0.3 is 15.5 Å². The number of nitrogens with one attached hydrogen (secondary N) is 1. The molecule has 0 aliphatic rings. The molecule has 0 saturated carbocycles. The third-order valence-corrected chi connectivity index (χ3v) is 2.90. The SMILES string of the molecule is CC(C)(N)CNC(=O)c1cc2cc(Br)ccc2o1. The molecule has 1 amide bonds. The zero-order chi connectivity index (χ0) is 13.3. The number of rotatable bonds is 3. The minimum atomic E-state index is -0.440. The van der Waals surface area contributed by atoms with Gasteiger partial charge in [0.25, 0.3) is 5.91 Å². The van der Waals surface area contributed by atoms with Crippen molar-refractivity contribution in [2.75, 3.05) is 6.54 Å². The van der Waals surface area contributed by atoms with Gasteiger partial charge in [-0.05, 0) is 38.1 Å². The summed E-state index contributed by atoms with van der Waals surface area (Å²) in [5.74, 6) is 0.0493. The summed E-state index contributed by atoms with van der Waals surface area (Å²) < 4.78 is 6.43. The summed E-state index contributed by atoms with van der Waals surface area (Å²) in [5, 5.41) is 3.64. The van der Waals surface area contributed by atoms with Crippen molar-refractivity contribution in [2.24, 2.45) is 5.73 Å². The molecule has 2 rings (SSSR count). The maximum atomic E-state index is 11.9. The molecular formula is C13H15BrN2O2. The van der Waals surface area contributed by atoms with E-state index in [1.165, 1.54) is 0 Å². The number of furan rings is 1. The average Bonchev–Trinajstić information content (AvgIpc) is 2.67. The highest BCUT2D eigenvalue weighted by molar-refractivity contribution is 9.10. The molecule has 2 aromatic rings. The van der Waals surface area contributed by atoms with Crippen molar-refractivity contribution >= 4 is 32.8 Å². The molecule has 0 aliphatic heterocycles. The molecule has 96 valence electrons. The number of amides is 1. The topological polar surface area (TPSA) is 68.3 Å². The van der Waals surface area contributed by atoms with Gasteiger partial charge >= 0.3 is 0 Å². The highest BCUT2D eigenvalue weighted by atomic mass is 79.9. The summed E-state index contributed by atoms with van der Waals surface area (Å²) in [4.78, 5) is 11.9. The van der Waals surface area contributed by atoms with E-state index in [4.69, 9.17) is 10.2 Å². The Morgan fingerprint density at radius 3 is 2.83 bits per heavy atom. The number of benzene rings is 1. The van der Waals surface area contributed by atoms with Gasteiger partial charge in [-0.2, -0.15) is 0 Å². The molecule has 1 aromatic heterocycles. The second-order valence-electron chi connectivity index (χ2n) is 4.96. The van der Waals surface area contributed by atoms with Crippen LogP contribution in [0.25, 0.3) is 11.0 Å². The quantitative estimate of drug-likeness (QED) is 0.915. The van der Waals surface area contributed by atoms with Crippen LogP contribution in [0.15, 0.2) is 33.2 Å². The van der Waals surface area contributed by atoms with Crippen LogP contribution in [0.5, 0.6) is 0 Å². The highest BCUT2D eigenvalue weighted by Crippen LogP contribution is 2.23. The fourth-order valence-corrected chi connectivity index (χ4v) is 1.90. The zero-order valence-corrected chi connectivity index (χ0v) is 11.9. The van der Waals surface area contributed by atoms with Crippen LogP contribution in [-0.2, 0) is 0 Å². The highest BCUT2D eigenvalue weighted by Gasteiger charge is 2.16. The molecule has 3 N–H and O–H groups in total. The summed E-state index contributed by atoms with van der Waals surface area (Å²) in [6, 6.07) is 7.32. The number of hydrogen-bond acceptors (Lipinski definition) is 3. The fourth-order valence-electron chi connectivity index (χ4n) is 1.52. The number of nitrogens with two attached hydrogens (primary N) is 1. The summed E-state index contributed by atoms with van der Waals surface area (Å²) in [6.07, 6.45) is 0. The summed E-state index contributed by atoms with van der Waals surface area (Å²) in [6.45, 7) is 4.10. The van der Waals surface area contributed by atoms with Crippen molar-refractivity contribution < 1.29 is 9.21 Å². The molecule has 0 spiro atoms. The first-order valence-electron chi connectivity index (χ1n) is 5.61. The van der Waals surface area contributed by atoms with E-state index in [0.29, 0.717) is 17.9 Å². The Labute approximate surface area is 114 Å². The molecule has 0 fully saturated rings. The fraction of sp³-hybridized carbons (Fsp3) is 0.308. The monoisotopic (exact) mass is 310 g/mol. The number of fused-ring (bicyclic) bond motifs is 1. The van der Waals surface area contributed by atoms with Gasteiger partial charge in [-0.1, -0.05) is 15.9 Å². The molecular weight excluding hydrogens is 296 g/mol. The van der Waals surface area contributed by atoms with Crippen molar-refractivity contribution in [3.8, 4) is 0 Å². The summed E-state index contributed by atoms with van der Waals surface area (Å²) in [7, 11) is 0. The smallest absolute Gasteiger partial charge is 0.287 e. The lowest BCUT2D eigenvalue weighted by atomic mass is 10.1. The van der Waals surface area contributed by atoms with Crippen LogP contribution in [0, 0.1) is 0 Å². The van der Waals surface area contributed by atoms with Crippen LogP contribution >= 0.6 is 15.9 Å². The van der Waals surface area contributed by atoms with Gasteiger partial charge in [-0.3, -0.25) is 4.79 Å². The standard InChI is InChI=1S/C13H15BrN2O2/c1-13(2,15)7-16-12(17)11-6-8-5-9(14)3-4-10(8)18-11/h3-6H,7,15H2,1-2H3,(H,16,17). The number of carbonyl (C=O) groups excluding carboxylic acids is 1. The van der Waals surface area contributed by atoms with Crippen LogP contribution in [0.1, 0.15) is 24.4 Å². The lowest BCUT2D eigenvalue weighted by Crippen LogP contribution is -2.45. The van der Waals surface area contributed by atoms with Gasteiger partial charge in [0.2, 0.25) is 0 Å². The number of halogens is 1. The molecule has 0 unspecified atom stereocenters. The van der Waals surface area contributed by atoms with E-state index in [2.05, 4.69) is 21.2 Å². The van der Waals surface area contributed by atoms with Crippen molar-refractivity contribution in [1.82, 2.24) is 5.32 Å². The molecule has 1 aromatic carbocycles. The number of carbonyl (C=O) groups is 1. The van der Waals surface area contributed by atoms with E-state index in [1.807, 2.05) is 32.0 Å². The van der Waals surface area contributed by atoms with Crippen LogP contribution in [0.4, 0.5) is 0 Å². The maximum absolute atomic E-state index is 11.9. The lowest BCUT2D eigenvalue weighted by molar-refractivity contribution is 0.0920. The third-order valence-electron chi connectivity index (χ3n) is 2.41. The first kappa shape index (κ1) is 13.1. The van der Waals surface area contributed by atoms with E-state index < -0.39 is 5.54 Å². The van der Waals surface area contributed by atoms with E-state index in [9.17, 15) is 4.79 Å². The minimum absolute atomic E-state index is 0.249. The lowest BCUT2D eigenvalue weighted by Gasteiger charge is -2.18. The number of hydrogen-bond donors (Lipinski definition) is 2. The van der Waals surface area contributed by atoms with E-state index >= 15 is 0 Å². The van der Waals surface area contributed by atoms with Crippen LogP contribution in [-0.4, -0.2) is 18.0 Å². The van der Waals surface area contributed by atoms with Crippen molar-refractivity contribution in [3.63, 3.8) is 0 Å². The Bertz CT molecular complexity index is 584. The average molecular weight is 311 g/mol. The Kier molecular flexibility index (Phi) is 3.45. The van der Waals surface area contributed by atoms with Crippen molar-refractivity contribution in [1.29, 1.82) is 0 Å².